The Morgan fingerprint density at radius 3 is 2.27 bits per heavy atom. The number of nitrogens with zero attached hydrogens (tertiary/aromatic N) is 1. The molecular weight excluding hydrogens is 643 g/mol. The fourth-order valence-corrected chi connectivity index (χ4v) is 4.42. The first-order chi connectivity index (χ1) is 23.1. The van der Waals surface area contributed by atoms with Gasteiger partial charge in [0.15, 0.2) is 11.5 Å². The zero-order valence-corrected chi connectivity index (χ0v) is 27.7. The van der Waals surface area contributed by atoms with Crippen LogP contribution in [0.25, 0.3) is 10.8 Å². The third-order valence-corrected chi connectivity index (χ3v) is 6.76. The number of carbonyl (C=O) groups excluding carboxylic acids is 2. The van der Waals surface area contributed by atoms with Gasteiger partial charge in [-0.3, -0.25) is 9.59 Å². The first-order valence-electron chi connectivity index (χ1n) is 15.4. The summed E-state index contributed by atoms with van der Waals surface area (Å²) < 4.78 is 43.6. The first kappa shape index (κ1) is 37.9. The van der Waals surface area contributed by atoms with Crippen molar-refractivity contribution in [2.45, 2.75) is 59.5 Å². The molecule has 49 heavy (non-hydrogen) atoms. The molecule has 1 heterocycles. The third kappa shape index (κ3) is 11.3. The van der Waals surface area contributed by atoms with Gasteiger partial charge in [-0.1, -0.05) is 32.0 Å². The molecule has 0 aliphatic heterocycles. The summed E-state index contributed by atoms with van der Waals surface area (Å²) in [6.07, 6.45) is -3.46. The van der Waals surface area contributed by atoms with Gasteiger partial charge < -0.3 is 36.3 Å². The molecule has 14 heteroatoms. The van der Waals surface area contributed by atoms with Crippen LogP contribution in [0.2, 0.25) is 0 Å². The van der Waals surface area contributed by atoms with Gasteiger partial charge in [0.25, 0.3) is 0 Å². The minimum absolute atomic E-state index is 0.0344. The van der Waals surface area contributed by atoms with Crippen molar-refractivity contribution in [1.29, 1.82) is 0 Å². The number of nitrogen functional groups attached to an aromatic ring is 1. The number of rotatable bonds is 12. The predicted octanol–water partition coefficient (Wildman–Crippen LogP) is 6.70. The van der Waals surface area contributed by atoms with E-state index in [9.17, 15) is 22.8 Å². The van der Waals surface area contributed by atoms with Crippen molar-refractivity contribution < 1.29 is 42.1 Å². The molecule has 0 bridgehead atoms. The van der Waals surface area contributed by atoms with Gasteiger partial charge in [-0.2, -0.15) is 13.2 Å². The number of aliphatic carboxylic acids is 1. The van der Waals surface area contributed by atoms with E-state index < -0.39 is 18.2 Å². The van der Waals surface area contributed by atoms with E-state index in [0.717, 1.165) is 22.0 Å². The lowest BCUT2D eigenvalue weighted by Crippen LogP contribution is -2.33. The van der Waals surface area contributed by atoms with Crippen molar-refractivity contribution in [3.05, 3.63) is 84.1 Å². The van der Waals surface area contributed by atoms with Crippen LogP contribution in [0.4, 0.5) is 30.4 Å². The molecule has 0 saturated heterocycles. The SMILES string of the molecule is CCOc1cc(C(Nc2ccc3c(N)nccc3c2)C(=O)NCc2cccc(NC(=O)C(C)C)c2)ccc1OC(C)C.O=C(O)C(F)(F)F. The number of carboxylic acids is 1. The molecule has 0 aliphatic carbocycles. The number of hydrogen-bond acceptors (Lipinski definition) is 8. The highest BCUT2D eigenvalue weighted by molar-refractivity contribution is 5.94. The van der Waals surface area contributed by atoms with Gasteiger partial charge in [-0.25, -0.2) is 9.78 Å². The van der Waals surface area contributed by atoms with Gasteiger partial charge in [0.1, 0.15) is 11.9 Å². The van der Waals surface area contributed by atoms with Gasteiger partial charge in [-0.05, 0) is 85.8 Å². The Kier molecular flexibility index (Phi) is 13.2. The molecule has 3 aromatic carbocycles. The number of alkyl halides is 3. The number of amides is 2. The summed E-state index contributed by atoms with van der Waals surface area (Å²) in [4.78, 5) is 39.0. The minimum atomic E-state index is -5.08. The number of carboxylic acid groups (broad SMARTS) is 1. The average molecular weight is 684 g/mol. The number of anilines is 3. The summed E-state index contributed by atoms with van der Waals surface area (Å²) in [6, 6.07) is 19.8. The van der Waals surface area contributed by atoms with Crippen LogP contribution in [0.1, 0.15) is 51.8 Å². The van der Waals surface area contributed by atoms with Gasteiger partial charge in [0, 0.05) is 35.4 Å². The zero-order valence-electron chi connectivity index (χ0n) is 27.7. The number of nitrogens with two attached hydrogens (primary N) is 1. The Labute approximate surface area is 282 Å². The number of halogens is 3. The van der Waals surface area contributed by atoms with Gasteiger partial charge >= 0.3 is 12.1 Å². The highest BCUT2D eigenvalue weighted by Crippen LogP contribution is 2.33. The Bertz CT molecular complexity index is 1760. The lowest BCUT2D eigenvalue weighted by Gasteiger charge is -2.22. The molecule has 11 nitrogen and oxygen atoms in total. The number of hydrogen-bond donors (Lipinski definition) is 5. The van der Waals surface area contributed by atoms with Gasteiger partial charge in [0.2, 0.25) is 11.8 Å². The lowest BCUT2D eigenvalue weighted by molar-refractivity contribution is -0.192. The van der Waals surface area contributed by atoms with Crippen molar-refractivity contribution in [3.63, 3.8) is 0 Å². The molecule has 0 spiro atoms. The van der Waals surface area contributed by atoms with Crippen LogP contribution in [0.3, 0.4) is 0 Å². The quantitative estimate of drug-likeness (QED) is 0.109. The molecule has 0 fully saturated rings. The van der Waals surface area contributed by atoms with E-state index in [4.69, 9.17) is 25.1 Å². The average Bonchev–Trinajstić information content (AvgIpc) is 3.03. The molecule has 1 aromatic heterocycles. The molecule has 4 aromatic rings. The fourth-order valence-electron chi connectivity index (χ4n) is 4.42. The molecule has 2 amide bonds. The summed E-state index contributed by atoms with van der Waals surface area (Å²) in [5, 5.41) is 18.2. The van der Waals surface area contributed by atoms with Crippen molar-refractivity contribution in [1.82, 2.24) is 10.3 Å². The Morgan fingerprint density at radius 2 is 1.63 bits per heavy atom. The van der Waals surface area contributed by atoms with Crippen LogP contribution in [-0.2, 0) is 20.9 Å². The fraction of sp³-hybridized carbons (Fsp3) is 0.314. The standard InChI is InChI=1S/C33H39N5O4.C2HF3O2/c1-6-41-29-18-24(10-13-28(29)42-21(4)5)30(37-26-11-12-27-23(17-26)14-15-35-31(27)34)33(40)36-19-22-8-7-9-25(16-22)38-32(39)20(2)3;3-2(4,5)1(6)7/h7-18,20-21,30,37H,6,19H2,1-5H3,(H2,34,35)(H,36,40)(H,38,39);(H,6,7). The monoisotopic (exact) mass is 683 g/mol. The highest BCUT2D eigenvalue weighted by Gasteiger charge is 2.38. The maximum Gasteiger partial charge on any atom is 0.490 e. The second-order valence-corrected chi connectivity index (χ2v) is 11.4. The molecule has 1 unspecified atom stereocenters. The van der Waals surface area contributed by atoms with Crippen molar-refractivity contribution >= 4 is 45.7 Å². The van der Waals surface area contributed by atoms with E-state index in [2.05, 4.69) is 20.9 Å². The number of pyridine rings is 1. The minimum Gasteiger partial charge on any atom is -0.490 e. The Morgan fingerprint density at radius 1 is 0.918 bits per heavy atom. The molecule has 6 N–H and O–H groups in total. The first-order valence-corrected chi connectivity index (χ1v) is 15.4. The van der Waals surface area contributed by atoms with Crippen molar-refractivity contribution in [3.8, 4) is 11.5 Å². The maximum absolute atomic E-state index is 13.8. The number of benzene rings is 3. The van der Waals surface area contributed by atoms with E-state index in [1.165, 1.54) is 0 Å². The van der Waals surface area contributed by atoms with E-state index >= 15 is 0 Å². The van der Waals surface area contributed by atoms with Gasteiger partial charge in [0.05, 0.1) is 12.7 Å². The molecular formula is C35H40F3N5O6. The predicted molar refractivity (Wildman–Crippen MR) is 181 cm³/mol. The van der Waals surface area contributed by atoms with E-state index in [0.29, 0.717) is 35.2 Å². The van der Waals surface area contributed by atoms with E-state index in [1.54, 1.807) is 6.20 Å². The van der Waals surface area contributed by atoms with Crippen LogP contribution >= 0.6 is 0 Å². The lowest BCUT2D eigenvalue weighted by atomic mass is 10.0. The molecule has 0 saturated carbocycles. The number of nitrogens with one attached hydrogen (secondary N) is 3. The van der Waals surface area contributed by atoms with Crippen LogP contribution < -0.4 is 31.2 Å². The number of ether oxygens (including phenoxy) is 2. The van der Waals surface area contributed by atoms with Crippen LogP contribution in [-0.4, -0.2) is 46.8 Å². The number of fused-ring (bicyclic) bond motifs is 1. The van der Waals surface area contributed by atoms with Crippen molar-refractivity contribution in [2.24, 2.45) is 5.92 Å². The summed E-state index contributed by atoms with van der Waals surface area (Å²) in [7, 11) is 0. The second-order valence-electron chi connectivity index (χ2n) is 11.4. The van der Waals surface area contributed by atoms with Gasteiger partial charge in [-0.15, -0.1) is 0 Å². The summed E-state index contributed by atoms with van der Waals surface area (Å²) >= 11 is 0. The smallest absolute Gasteiger partial charge is 0.490 e. The topological polar surface area (TPSA) is 165 Å². The number of aromatic nitrogens is 1. The zero-order chi connectivity index (χ0) is 36.3. The molecule has 0 radical (unpaired) electrons. The molecule has 1 atom stereocenters. The van der Waals surface area contributed by atoms with E-state index in [-0.39, 0.29) is 30.4 Å². The molecule has 262 valence electrons. The van der Waals surface area contributed by atoms with Crippen LogP contribution in [0, 0.1) is 5.92 Å². The Balaban J connectivity index is 0.000000838. The highest BCUT2D eigenvalue weighted by atomic mass is 19.4. The van der Waals surface area contributed by atoms with Crippen LogP contribution in [0.15, 0.2) is 72.9 Å². The number of carbonyl (C=O) groups is 3. The second kappa shape index (κ2) is 17.0. The van der Waals surface area contributed by atoms with Crippen molar-refractivity contribution in [2.75, 3.05) is 23.0 Å². The summed E-state index contributed by atoms with van der Waals surface area (Å²) in [5.41, 5.74) is 9.03. The third-order valence-electron chi connectivity index (χ3n) is 6.76. The maximum atomic E-state index is 13.8. The summed E-state index contributed by atoms with van der Waals surface area (Å²) in [5.74, 6) is -1.57. The molecule has 4 rings (SSSR count). The largest absolute Gasteiger partial charge is 0.490 e. The normalized spacial score (nSPS) is 11.7. The van der Waals surface area contributed by atoms with Crippen LogP contribution in [0.5, 0.6) is 11.5 Å². The van der Waals surface area contributed by atoms with E-state index in [1.807, 2.05) is 101 Å². The molecule has 0 aliphatic rings. The Hall–Kier alpha value is -5.53. The summed E-state index contributed by atoms with van der Waals surface area (Å²) in [6.45, 7) is 10.2.